The maximum absolute atomic E-state index is 12.5. The summed E-state index contributed by atoms with van der Waals surface area (Å²) < 4.78 is 0. The summed E-state index contributed by atoms with van der Waals surface area (Å²) in [4.78, 5) is 24.8. The van der Waals surface area contributed by atoms with Gasteiger partial charge in [0.15, 0.2) is 0 Å². The molecule has 0 aliphatic heterocycles. The molecule has 0 aliphatic carbocycles. The minimum atomic E-state index is -0.465. The molecule has 2 amide bonds. The summed E-state index contributed by atoms with van der Waals surface area (Å²) in [5.41, 5.74) is 1.18. The molecule has 0 fully saturated rings. The Bertz CT molecular complexity index is 984. The van der Waals surface area contributed by atoms with Gasteiger partial charge in [0, 0.05) is 23.4 Å². The first-order valence-corrected chi connectivity index (χ1v) is 9.48. The zero-order valence-electron chi connectivity index (χ0n) is 15.8. The minimum absolute atomic E-state index is 0.0526. The van der Waals surface area contributed by atoms with Gasteiger partial charge in [-0.25, -0.2) is 0 Å². The third kappa shape index (κ3) is 4.68. The number of carbonyl (C=O) groups is 2. The molecule has 0 heterocycles. The molecule has 144 valence electrons. The van der Waals surface area contributed by atoms with Gasteiger partial charge in [0.1, 0.15) is 0 Å². The molecule has 0 saturated heterocycles. The van der Waals surface area contributed by atoms with E-state index in [1.807, 2.05) is 6.07 Å². The van der Waals surface area contributed by atoms with E-state index in [2.05, 4.69) is 17.6 Å². The number of carbonyl (C=O) groups excluding carboxylic acids is 2. The number of hydrogen-bond acceptors (Lipinski definition) is 3. The Morgan fingerprint density at radius 2 is 1.68 bits per heavy atom. The molecule has 0 bridgehead atoms. The van der Waals surface area contributed by atoms with Crippen molar-refractivity contribution in [3.8, 4) is 5.75 Å². The van der Waals surface area contributed by atoms with Gasteiger partial charge < -0.3 is 15.7 Å². The summed E-state index contributed by atoms with van der Waals surface area (Å²) in [6, 6.07) is 17.1. The largest absolute Gasteiger partial charge is 0.872 e. The van der Waals surface area contributed by atoms with Crippen LogP contribution in [0.2, 0.25) is 0 Å². The highest BCUT2D eigenvalue weighted by Gasteiger charge is 2.11. The number of rotatable bonds is 7. The van der Waals surface area contributed by atoms with Crippen LogP contribution in [0.15, 0.2) is 60.7 Å². The molecule has 5 nitrogen and oxygen atoms in total. The highest BCUT2D eigenvalue weighted by atomic mass is 16.3. The quantitative estimate of drug-likeness (QED) is 0.611. The summed E-state index contributed by atoms with van der Waals surface area (Å²) in [7, 11) is 0. The molecular formula is C23H23N2O3-. The van der Waals surface area contributed by atoms with Crippen molar-refractivity contribution in [3.05, 3.63) is 71.8 Å². The van der Waals surface area contributed by atoms with Crippen LogP contribution in [0.25, 0.3) is 10.8 Å². The number of para-hydroxylation sites is 1. The van der Waals surface area contributed by atoms with E-state index in [9.17, 15) is 14.7 Å². The Hall–Kier alpha value is -3.34. The first-order valence-electron chi connectivity index (χ1n) is 9.48. The van der Waals surface area contributed by atoms with Gasteiger partial charge in [0.05, 0.1) is 0 Å². The fourth-order valence-electron chi connectivity index (χ4n) is 2.99. The van der Waals surface area contributed by atoms with Crippen LogP contribution in [0.1, 0.15) is 46.9 Å². The standard InChI is InChI=1S/C23H24N2O3/c1-2-3-7-12-24-22(27)17-11-10-16-15-21(26)20(14-18(16)13-17)23(28)25-19-8-5-4-6-9-19/h4-6,8-11,13-15,26H,2-3,7,12H2,1H3,(H,24,27)(H,25,28)/p-1. The van der Waals surface area contributed by atoms with Gasteiger partial charge in [-0.15, -0.1) is 0 Å². The van der Waals surface area contributed by atoms with E-state index in [1.54, 1.807) is 48.5 Å². The fourth-order valence-corrected chi connectivity index (χ4v) is 2.99. The van der Waals surface area contributed by atoms with Gasteiger partial charge in [-0.3, -0.25) is 9.59 Å². The van der Waals surface area contributed by atoms with Gasteiger partial charge in [0.2, 0.25) is 0 Å². The maximum atomic E-state index is 12.5. The predicted molar refractivity (Wildman–Crippen MR) is 110 cm³/mol. The number of hydrogen-bond donors (Lipinski definition) is 2. The lowest BCUT2D eigenvalue weighted by Crippen LogP contribution is -2.24. The second-order valence-electron chi connectivity index (χ2n) is 6.69. The lowest BCUT2D eigenvalue weighted by molar-refractivity contribution is -0.268. The lowest BCUT2D eigenvalue weighted by Gasteiger charge is -2.15. The van der Waals surface area contributed by atoms with E-state index in [-0.39, 0.29) is 17.2 Å². The van der Waals surface area contributed by atoms with Crippen LogP contribution >= 0.6 is 0 Å². The molecule has 5 heteroatoms. The van der Waals surface area contributed by atoms with Crippen LogP contribution in [0.4, 0.5) is 5.69 Å². The summed E-state index contributed by atoms with van der Waals surface area (Å²) in [6.07, 6.45) is 3.11. The molecule has 0 unspecified atom stereocenters. The third-order valence-electron chi connectivity index (χ3n) is 4.54. The zero-order chi connectivity index (χ0) is 19.9. The normalized spacial score (nSPS) is 10.6. The first kappa shape index (κ1) is 19.4. The molecule has 28 heavy (non-hydrogen) atoms. The average Bonchev–Trinajstić information content (AvgIpc) is 2.71. The van der Waals surface area contributed by atoms with Crippen molar-refractivity contribution >= 4 is 28.3 Å². The Morgan fingerprint density at radius 3 is 2.43 bits per heavy atom. The van der Waals surface area contributed by atoms with Gasteiger partial charge in [-0.05, 0) is 47.5 Å². The molecule has 0 aliphatic rings. The van der Waals surface area contributed by atoms with Crippen molar-refractivity contribution in [1.29, 1.82) is 0 Å². The Labute approximate surface area is 164 Å². The second-order valence-corrected chi connectivity index (χ2v) is 6.69. The van der Waals surface area contributed by atoms with Gasteiger partial charge in [0.25, 0.3) is 11.8 Å². The van der Waals surface area contributed by atoms with Crippen LogP contribution in [0.3, 0.4) is 0 Å². The van der Waals surface area contributed by atoms with Crippen molar-refractivity contribution in [2.24, 2.45) is 0 Å². The zero-order valence-corrected chi connectivity index (χ0v) is 15.8. The SMILES string of the molecule is CCCCCNC(=O)c1ccc2cc([O-])c(C(=O)Nc3ccccc3)cc2c1. The van der Waals surface area contributed by atoms with Gasteiger partial charge >= 0.3 is 0 Å². The third-order valence-corrected chi connectivity index (χ3v) is 4.54. The maximum Gasteiger partial charge on any atom is 0.255 e. The van der Waals surface area contributed by atoms with E-state index >= 15 is 0 Å². The number of anilines is 1. The molecular weight excluding hydrogens is 352 g/mol. The van der Waals surface area contributed by atoms with Crippen molar-refractivity contribution < 1.29 is 14.7 Å². The molecule has 0 atom stereocenters. The summed E-state index contributed by atoms with van der Waals surface area (Å²) in [5.74, 6) is -0.968. The number of benzene rings is 3. The van der Waals surface area contributed by atoms with Crippen LogP contribution < -0.4 is 15.7 Å². The van der Waals surface area contributed by atoms with E-state index in [4.69, 9.17) is 0 Å². The molecule has 3 aromatic carbocycles. The Morgan fingerprint density at radius 1 is 0.893 bits per heavy atom. The van der Waals surface area contributed by atoms with E-state index in [0.29, 0.717) is 28.6 Å². The van der Waals surface area contributed by atoms with E-state index < -0.39 is 5.91 Å². The first-order chi connectivity index (χ1) is 13.6. The lowest BCUT2D eigenvalue weighted by atomic mass is 10.0. The summed E-state index contributed by atoms with van der Waals surface area (Å²) in [5, 5.41) is 19.3. The van der Waals surface area contributed by atoms with Crippen molar-refractivity contribution in [2.75, 3.05) is 11.9 Å². The fraction of sp³-hybridized carbons (Fsp3) is 0.217. The Kier molecular flexibility index (Phi) is 6.27. The van der Waals surface area contributed by atoms with Crippen molar-refractivity contribution in [3.63, 3.8) is 0 Å². The number of unbranched alkanes of at least 4 members (excludes halogenated alkanes) is 2. The predicted octanol–water partition coefficient (Wildman–Crippen LogP) is 4.09. The molecule has 0 radical (unpaired) electrons. The van der Waals surface area contributed by atoms with Gasteiger partial charge in [-0.1, -0.05) is 55.8 Å². The Balaban J connectivity index is 1.81. The van der Waals surface area contributed by atoms with E-state index in [0.717, 1.165) is 19.3 Å². The summed E-state index contributed by atoms with van der Waals surface area (Å²) >= 11 is 0. The van der Waals surface area contributed by atoms with Crippen LogP contribution in [-0.2, 0) is 0 Å². The molecule has 2 N–H and O–H groups in total. The van der Waals surface area contributed by atoms with Crippen LogP contribution in [-0.4, -0.2) is 18.4 Å². The smallest absolute Gasteiger partial charge is 0.255 e. The summed E-state index contributed by atoms with van der Waals surface area (Å²) in [6.45, 7) is 2.75. The van der Waals surface area contributed by atoms with Crippen molar-refractivity contribution in [2.45, 2.75) is 26.2 Å². The monoisotopic (exact) mass is 375 g/mol. The molecule has 3 aromatic rings. The number of amides is 2. The molecule has 0 spiro atoms. The average molecular weight is 375 g/mol. The molecule has 0 aromatic heterocycles. The van der Waals surface area contributed by atoms with Gasteiger partial charge in [-0.2, -0.15) is 0 Å². The molecule has 3 rings (SSSR count). The number of nitrogens with one attached hydrogen (secondary N) is 2. The second kappa shape index (κ2) is 9.04. The molecule has 0 saturated carbocycles. The van der Waals surface area contributed by atoms with Crippen molar-refractivity contribution in [1.82, 2.24) is 5.32 Å². The highest BCUT2D eigenvalue weighted by molar-refractivity contribution is 6.09. The van der Waals surface area contributed by atoms with Crippen LogP contribution in [0, 0.1) is 0 Å². The minimum Gasteiger partial charge on any atom is -0.872 e. The topological polar surface area (TPSA) is 81.3 Å². The van der Waals surface area contributed by atoms with E-state index in [1.165, 1.54) is 6.07 Å². The van der Waals surface area contributed by atoms with Crippen LogP contribution in [0.5, 0.6) is 5.75 Å². The highest BCUT2D eigenvalue weighted by Crippen LogP contribution is 2.25. The number of fused-ring (bicyclic) bond motifs is 1.